The molecule has 0 unspecified atom stereocenters. The zero-order valence-corrected chi connectivity index (χ0v) is 10.5. The molecule has 0 saturated heterocycles. The number of rotatable bonds is 2. The molecule has 6 heteroatoms. The third kappa shape index (κ3) is 2.16. The molecule has 0 amide bonds. The van der Waals surface area contributed by atoms with E-state index < -0.39 is 0 Å². The number of hydrogen-bond acceptors (Lipinski definition) is 4. The highest BCUT2D eigenvalue weighted by molar-refractivity contribution is 9.10. The highest BCUT2D eigenvalue weighted by atomic mass is 79.9. The minimum absolute atomic E-state index is 0.519. The van der Waals surface area contributed by atoms with E-state index in [0.29, 0.717) is 16.5 Å². The Bertz CT molecular complexity index is 518. The predicted molar refractivity (Wildman–Crippen MR) is 68.0 cm³/mol. The van der Waals surface area contributed by atoms with Crippen LogP contribution in [-0.4, -0.2) is 9.97 Å². The van der Waals surface area contributed by atoms with E-state index in [1.54, 1.807) is 24.5 Å². The molecule has 2 aromatic rings. The number of nitrogens with one attached hydrogen (secondary N) is 1. The van der Waals surface area contributed by atoms with Gasteiger partial charge in [-0.05, 0) is 12.1 Å². The number of nitrogen functional groups attached to an aromatic ring is 1. The molecule has 0 aliphatic carbocycles. The molecule has 0 aliphatic heterocycles. The van der Waals surface area contributed by atoms with Crippen LogP contribution in [0.25, 0.3) is 11.3 Å². The van der Waals surface area contributed by atoms with Crippen molar-refractivity contribution in [2.75, 3.05) is 5.43 Å². The first-order valence-corrected chi connectivity index (χ1v) is 5.62. The van der Waals surface area contributed by atoms with Gasteiger partial charge in [0, 0.05) is 27.5 Å². The molecule has 1 aromatic heterocycles. The fourth-order valence-corrected chi connectivity index (χ4v) is 2.19. The summed E-state index contributed by atoms with van der Waals surface area (Å²) in [5.41, 5.74) is 4.06. The maximum atomic E-state index is 5.87. The van der Waals surface area contributed by atoms with Crippen LogP contribution < -0.4 is 11.3 Å². The normalized spacial score (nSPS) is 10.2. The van der Waals surface area contributed by atoms with Crippen LogP contribution in [0.15, 0.2) is 35.1 Å². The smallest absolute Gasteiger partial charge is 0.166 e. The predicted octanol–water partition coefficient (Wildman–Crippen LogP) is 2.85. The van der Waals surface area contributed by atoms with Gasteiger partial charge in [-0.25, -0.2) is 10.8 Å². The summed E-state index contributed by atoms with van der Waals surface area (Å²) >= 11 is 9.30. The second-order valence-electron chi connectivity index (χ2n) is 3.02. The molecule has 0 atom stereocenters. The van der Waals surface area contributed by atoms with Crippen molar-refractivity contribution in [2.24, 2.45) is 5.84 Å². The first kappa shape index (κ1) is 11.3. The number of halogens is 2. The second-order valence-corrected chi connectivity index (χ2v) is 4.31. The van der Waals surface area contributed by atoms with Crippen LogP contribution >= 0.6 is 27.5 Å². The quantitative estimate of drug-likeness (QED) is 0.661. The van der Waals surface area contributed by atoms with Crippen LogP contribution in [0.5, 0.6) is 0 Å². The first-order valence-electron chi connectivity index (χ1n) is 4.45. The Morgan fingerprint density at radius 1 is 1.25 bits per heavy atom. The topological polar surface area (TPSA) is 63.8 Å². The second kappa shape index (κ2) is 4.78. The summed E-state index contributed by atoms with van der Waals surface area (Å²) in [6.45, 7) is 0. The third-order valence-corrected chi connectivity index (χ3v) is 2.91. The minimum atomic E-state index is 0.519. The molecular formula is C10H8BrClN4. The lowest BCUT2D eigenvalue weighted by atomic mass is 10.1. The molecule has 0 saturated carbocycles. The number of hydrazine groups is 1. The van der Waals surface area contributed by atoms with Gasteiger partial charge in [0.2, 0.25) is 0 Å². The number of nitrogens with two attached hydrogens (primary N) is 1. The molecule has 0 spiro atoms. The Morgan fingerprint density at radius 2 is 2.00 bits per heavy atom. The molecule has 0 bridgehead atoms. The molecule has 0 aliphatic rings. The number of aromatic nitrogens is 2. The molecule has 2 rings (SSSR count). The summed E-state index contributed by atoms with van der Waals surface area (Å²) in [6, 6.07) is 5.44. The Hall–Kier alpha value is -1.17. The van der Waals surface area contributed by atoms with Gasteiger partial charge in [-0.2, -0.15) is 0 Å². The molecule has 0 radical (unpaired) electrons. The summed E-state index contributed by atoms with van der Waals surface area (Å²) in [5.74, 6) is 5.89. The largest absolute Gasteiger partial charge is 0.307 e. The van der Waals surface area contributed by atoms with Crippen LogP contribution in [0, 0.1) is 0 Å². The zero-order chi connectivity index (χ0) is 11.5. The van der Waals surface area contributed by atoms with Crippen molar-refractivity contribution in [1.29, 1.82) is 0 Å². The van der Waals surface area contributed by atoms with Crippen LogP contribution in [0.1, 0.15) is 0 Å². The van der Waals surface area contributed by atoms with Gasteiger partial charge in [0.05, 0.1) is 0 Å². The van der Waals surface area contributed by atoms with Crippen LogP contribution in [0.2, 0.25) is 5.02 Å². The average molecular weight is 300 g/mol. The zero-order valence-electron chi connectivity index (χ0n) is 8.11. The van der Waals surface area contributed by atoms with E-state index in [9.17, 15) is 0 Å². The Kier molecular flexibility index (Phi) is 3.38. The van der Waals surface area contributed by atoms with Crippen molar-refractivity contribution < 1.29 is 0 Å². The summed E-state index contributed by atoms with van der Waals surface area (Å²) < 4.78 is 0.844. The molecule has 0 fully saturated rings. The van der Waals surface area contributed by atoms with E-state index in [4.69, 9.17) is 17.4 Å². The Labute approximate surface area is 106 Å². The maximum Gasteiger partial charge on any atom is 0.166 e. The van der Waals surface area contributed by atoms with Gasteiger partial charge in [-0.3, -0.25) is 4.98 Å². The highest BCUT2D eigenvalue weighted by Crippen LogP contribution is 2.32. The summed E-state index contributed by atoms with van der Waals surface area (Å²) in [6.07, 6.45) is 3.18. The maximum absolute atomic E-state index is 5.87. The van der Waals surface area contributed by atoms with E-state index in [1.165, 1.54) is 0 Å². The van der Waals surface area contributed by atoms with E-state index >= 15 is 0 Å². The van der Waals surface area contributed by atoms with Gasteiger partial charge in [-0.15, -0.1) is 0 Å². The molecular weight excluding hydrogens is 291 g/mol. The van der Waals surface area contributed by atoms with Crippen molar-refractivity contribution in [3.8, 4) is 11.3 Å². The van der Waals surface area contributed by atoms with Crippen LogP contribution in [0.3, 0.4) is 0 Å². The van der Waals surface area contributed by atoms with Gasteiger partial charge in [-0.1, -0.05) is 33.6 Å². The number of benzene rings is 1. The Balaban J connectivity index is 2.58. The minimum Gasteiger partial charge on any atom is -0.307 e. The molecule has 3 N–H and O–H groups in total. The van der Waals surface area contributed by atoms with E-state index in [0.717, 1.165) is 10.0 Å². The van der Waals surface area contributed by atoms with E-state index in [-0.39, 0.29) is 0 Å². The summed E-state index contributed by atoms with van der Waals surface area (Å²) in [7, 11) is 0. The first-order chi connectivity index (χ1) is 7.72. The molecule has 4 nitrogen and oxygen atoms in total. The third-order valence-electron chi connectivity index (χ3n) is 2.02. The molecule has 1 aromatic carbocycles. The fourth-order valence-electron chi connectivity index (χ4n) is 1.32. The van der Waals surface area contributed by atoms with Crippen molar-refractivity contribution in [3.05, 3.63) is 40.1 Å². The molecule has 16 heavy (non-hydrogen) atoms. The number of anilines is 1. The van der Waals surface area contributed by atoms with Crippen molar-refractivity contribution >= 4 is 33.3 Å². The van der Waals surface area contributed by atoms with Crippen LogP contribution in [-0.2, 0) is 0 Å². The van der Waals surface area contributed by atoms with E-state index in [1.807, 2.05) is 6.07 Å². The lowest BCUT2D eigenvalue weighted by Crippen LogP contribution is -2.10. The molecule has 1 heterocycles. The highest BCUT2D eigenvalue weighted by Gasteiger charge is 2.10. The molecule has 82 valence electrons. The number of hydrogen-bond donors (Lipinski definition) is 2. The van der Waals surface area contributed by atoms with Crippen molar-refractivity contribution in [3.63, 3.8) is 0 Å². The summed E-state index contributed by atoms with van der Waals surface area (Å²) in [4.78, 5) is 8.32. The summed E-state index contributed by atoms with van der Waals surface area (Å²) in [5, 5.41) is 0.654. The monoisotopic (exact) mass is 298 g/mol. The lowest BCUT2D eigenvalue weighted by Gasteiger charge is -2.08. The van der Waals surface area contributed by atoms with Gasteiger partial charge in [0.15, 0.2) is 5.82 Å². The van der Waals surface area contributed by atoms with Crippen LogP contribution in [0.4, 0.5) is 5.82 Å². The van der Waals surface area contributed by atoms with Gasteiger partial charge < -0.3 is 5.43 Å². The SMILES string of the molecule is NNc1nccnc1-c1ccc(Cl)cc1Br. The van der Waals surface area contributed by atoms with Gasteiger partial charge >= 0.3 is 0 Å². The van der Waals surface area contributed by atoms with Gasteiger partial charge in [0.25, 0.3) is 0 Å². The standard InChI is InChI=1S/C10H8BrClN4/c11-8-5-6(12)1-2-7(8)9-10(16-13)15-4-3-14-9/h1-5H,13H2,(H,15,16). The lowest BCUT2D eigenvalue weighted by molar-refractivity contribution is 1.16. The van der Waals surface area contributed by atoms with Crippen molar-refractivity contribution in [2.45, 2.75) is 0 Å². The number of nitrogens with zero attached hydrogens (tertiary/aromatic N) is 2. The Morgan fingerprint density at radius 3 is 2.69 bits per heavy atom. The average Bonchev–Trinajstić information content (AvgIpc) is 2.29. The van der Waals surface area contributed by atoms with Crippen molar-refractivity contribution in [1.82, 2.24) is 9.97 Å². The fraction of sp³-hybridized carbons (Fsp3) is 0. The van der Waals surface area contributed by atoms with E-state index in [2.05, 4.69) is 31.3 Å². The van der Waals surface area contributed by atoms with Gasteiger partial charge in [0.1, 0.15) is 5.69 Å².